The van der Waals surface area contributed by atoms with E-state index in [0.29, 0.717) is 4.68 Å². The molecule has 4 nitrogen and oxygen atoms in total. The van der Waals surface area contributed by atoms with Crippen molar-refractivity contribution in [2.45, 2.75) is 31.2 Å². The molecule has 20 heavy (non-hydrogen) atoms. The molecule has 2 aromatic rings. The first-order valence-corrected chi connectivity index (χ1v) is 6.10. The molecule has 1 aromatic heterocycles. The largest absolute Gasteiger partial charge is 0.420 e. The van der Waals surface area contributed by atoms with Gasteiger partial charge in [-0.2, -0.15) is 18.3 Å². The van der Waals surface area contributed by atoms with Crippen LogP contribution in [0.1, 0.15) is 18.9 Å². The Balaban J connectivity index is 2.76. The zero-order valence-electron chi connectivity index (χ0n) is 10.7. The topological polar surface area (TPSA) is 50.9 Å². The predicted octanol–water partition coefficient (Wildman–Crippen LogP) is 2.35. The summed E-state index contributed by atoms with van der Waals surface area (Å²) < 4.78 is 42.1. The van der Waals surface area contributed by atoms with Crippen molar-refractivity contribution in [3.63, 3.8) is 0 Å². The molecule has 2 unspecified atom stereocenters. The predicted molar refractivity (Wildman–Crippen MR) is 65.9 cm³/mol. The molecule has 0 bridgehead atoms. The Morgan fingerprint density at radius 3 is 2.35 bits per heavy atom. The standard InChI is InChI=1S/C13H14F3N3O/c1-2-11(20)12(13(14,15)16,19-9-17-8-18-19)10-6-4-3-5-7-10/h3-9,11,20H,2H2,1H3. The first-order valence-electron chi connectivity index (χ1n) is 6.10. The van der Waals surface area contributed by atoms with E-state index in [1.165, 1.54) is 31.2 Å². The molecule has 0 fully saturated rings. The minimum atomic E-state index is -4.72. The van der Waals surface area contributed by atoms with E-state index in [-0.39, 0.29) is 12.0 Å². The fourth-order valence-electron chi connectivity index (χ4n) is 2.34. The van der Waals surface area contributed by atoms with Crippen molar-refractivity contribution in [1.29, 1.82) is 0 Å². The number of rotatable bonds is 4. The molecule has 0 radical (unpaired) electrons. The van der Waals surface area contributed by atoms with Crippen LogP contribution < -0.4 is 0 Å². The van der Waals surface area contributed by atoms with Crippen molar-refractivity contribution in [2.24, 2.45) is 0 Å². The van der Waals surface area contributed by atoms with Gasteiger partial charge in [-0.15, -0.1) is 0 Å². The van der Waals surface area contributed by atoms with E-state index in [1.54, 1.807) is 6.07 Å². The molecule has 108 valence electrons. The highest BCUT2D eigenvalue weighted by Crippen LogP contribution is 2.45. The van der Waals surface area contributed by atoms with E-state index in [9.17, 15) is 18.3 Å². The van der Waals surface area contributed by atoms with Gasteiger partial charge in [0.2, 0.25) is 5.54 Å². The summed E-state index contributed by atoms with van der Waals surface area (Å²) in [5.74, 6) is 0. The maximum Gasteiger partial charge on any atom is 0.420 e. The number of aromatic nitrogens is 3. The van der Waals surface area contributed by atoms with Crippen LogP contribution in [0.2, 0.25) is 0 Å². The van der Waals surface area contributed by atoms with Crippen molar-refractivity contribution < 1.29 is 18.3 Å². The summed E-state index contributed by atoms with van der Waals surface area (Å²) in [6, 6.07) is 7.26. The Labute approximate surface area is 113 Å². The smallest absolute Gasteiger partial charge is 0.390 e. The number of halogens is 3. The number of aliphatic hydroxyl groups excluding tert-OH is 1. The normalized spacial score (nSPS) is 16.6. The lowest BCUT2D eigenvalue weighted by molar-refractivity contribution is -0.232. The molecular formula is C13H14F3N3O. The molecule has 0 aliphatic carbocycles. The van der Waals surface area contributed by atoms with Crippen molar-refractivity contribution >= 4 is 0 Å². The number of nitrogens with zero attached hydrogens (tertiary/aromatic N) is 3. The molecule has 2 atom stereocenters. The first-order chi connectivity index (χ1) is 9.44. The lowest BCUT2D eigenvalue weighted by Gasteiger charge is -2.39. The van der Waals surface area contributed by atoms with Gasteiger partial charge in [-0.05, 0) is 12.0 Å². The number of alkyl halides is 3. The average Bonchev–Trinajstić information content (AvgIpc) is 2.93. The third kappa shape index (κ3) is 2.07. The Morgan fingerprint density at radius 2 is 1.90 bits per heavy atom. The summed E-state index contributed by atoms with van der Waals surface area (Å²) in [5.41, 5.74) is -2.72. The molecule has 0 amide bonds. The van der Waals surface area contributed by atoms with Crippen LogP contribution in [0.15, 0.2) is 43.0 Å². The third-order valence-corrected chi connectivity index (χ3v) is 3.30. The summed E-state index contributed by atoms with van der Waals surface area (Å²) in [5, 5.41) is 13.7. The summed E-state index contributed by atoms with van der Waals surface area (Å²) in [4.78, 5) is 3.58. The molecule has 0 saturated heterocycles. The molecule has 1 aromatic carbocycles. The second-order valence-corrected chi connectivity index (χ2v) is 4.39. The van der Waals surface area contributed by atoms with Gasteiger partial charge in [0, 0.05) is 0 Å². The van der Waals surface area contributed by atoms with E-state index < -0.39 is 17.8 Å². The molecule has 7 heteroatoms. The number of benzene rings is 1. The molecule has 1 N–H and O–H groups in total. The van der Waals surface area contributed by atoms with Gasteiger partial charge in [-0.25, -0.2) is 9.67 Å². The van der Waals surface area contributed by atoms with Gasteiger partial charge in [-0.3, -0.25) is 0 Å². The fraction of sp³-hybridized carbons (Fsp3) is 0.385. The first kappa shape index (κ1) is 14.5. The van der Waals surface area contributed by atoms with Crippen LogP contribution >= 0.6 is 0 Å². The average molecular weight is 285 g/mol. The lowest BCUT2D eigenvalue weighted by Crippen LogP contribution is -2.57. The van der Waals surface area contributed by atoms with E-state index >= 15 is 0 Å². The van der Waals surface area contributed by atoms with Gasteiger partial charge < -0.3 is 5.11 Å². The van der Waals surface area contributed by atoms with Crippen molar-refractivity contribution in [3.05, 3.63) is 48.5 Å². The maximum absolute atomic E-state index is 13.8. The Bertz CT molecular complexity index is 542. The van der Waals surface area contributed by atoms with Crippen LogP contribution in [0.4, 0.5) is 13.2 Å². The van der Waals surface area contributed by atoms with Crippen LogP contribution in [0.3, 0.4) is 0 Å². The Kier molecular flexibility index (Phi) is 3.80. The van der Waals surface area contributed by atoms with Crippen molar-refractivity contribution in [2.75, 3.05) is 0 Å². The van der Waals surface area contributed by atoms with Crippen LogP contribution in [0.25, 0.3) is 0 Å². The molecule has 1 heterocycles. The van der Waals surface area contributed by atoms with E-state index in [1.807, 2.05) is 0 Å². The van der Waals surface area contributed by atoms with E-state index in [4.69, 9.17) is 0 Å². The zero-order chi connectivity index (χ0) is 14.8. The van der Waals surface area contributed by atoms with Gasteiger partial charge in [0.15, 0.2) is 0 Å². The quantitative estimate of drug-likeness (QED) is 0.938. The number of hydrogen-bond donors (Lipinski definition) is 1. The summed E-state index contributed by atoms with van der Waals surface area (Å²) in [6.07, 6.45) is -4.48. The zero-order valence-corrected chi connectivity index (χ0v) is 10.7. The molecule has 0 saturated carbocycles. The summed E-state index contributed by atoms with van der Waals surface area (Å²) in [6.45, 7) is 1.49. The number of aliphatic hydroxyl groups is 1. The molecule has 0 spiro atoms. The minimum absolute atomic E-state index is 0.0751. The number of hydrogen-bond acceptors (Lipinski definition) is 3. The molecule has 0 aliphatic rings. The highest BCUT2D eigenvalue weighted by atomic mass is 19.4. The Hall–Kier alpha value is -1.89. The molecule has 2 rings (SSSR count). The van der Waals surface area contributed by atoms with Gasteiger partial charge >= 0.3 is 6.18 Å². The fourth-order valence-corrected chi connectivity index (χ4v) is 2.34. The summed E-state index contributed by atoms with van der Waals surface area (Å²) in [7, 11) is 0. The molecule has 0 aliphatic heterocycles. The monoisotopic (exact) mass is 285 g/mol. The van der Waals surface area contributed by atoms with E-state index in [2.05, 4.69) is 10.1 Å². The highest BCUT2D eigenvalue weighted by Gasteiger charge is 2.62. The maximum atomic E-state index is 13.8. The third-order valence-electron chi connectivity index (χ3n) is 3.30. The SMILES string of the molecule is CCC(O)C(c1ccccc1)(n1cncn1)C(F)(F)F. The van der Waals surface area contributed by atoms with Crippen LogP contribution in [-0.2, 0) is 5.54 Å². The van der Waals surface area contributed by atoms with E-state index in [0.717, 1.165) is 12.7 Å². The second-order valence-electron chi connectivity index (χ2n) is 4.39. The van der Waals surface area contributed by atoms with Gasteiger partial charge in [0.25, 0.3) is 0 Å². The second kappa shape index (κ2) is 5.24. The molecular weight excluding hydrogens is 271 g/mol. The lowest BCUT2D eigenvalue weighted by atomic mass is 9.82. The highest BCUT2D eigenvalue weighted by molar-refractivity contribution is 5.29. The van der Waals surface area contributed by atoms with Crippen LogP contribution in [0, 0.1) is 0 Å². The Morgan fingerprint density at radius 1 is 1.25 bits per heavy atom. The minimum Gasteiger partial charge on any atom is -0.390 e. The van der Waals surface area contributed by atoms with Gasteiger partial charge in [0.05, 0.1) is 6.10 Å². The summed E-state index contributed by atoms with van der Waals surface area (Å²) >= 11 is 0. The van der Waals surface area contributed by atoms with Crippen LogP contribution in [0.5, 0.6) is 0 Å². The van der Waals surface area contributed by atoms with Crippen molar-refractivity contribution in [1.82, 2.24) is 14.8 Å². The van der Waals surface area contributed by atoms with Crippen LogP contribution in [-0.4, -0.2) is 32.2 Å². The van der Waals surface area contributed by atoms with Gasteiger partial charge in [0.1, 0.15) is 12.7 Å². The van der Waals surface area contributed by atoms with Gasteiger partial charge in [-0.1, -0.05) is 37.3 Å². The van der Waals surface area contributed by atoms with Crippen molar-refractivity contribution in [3.8, 4) is 0 Å².